The van der Waals surface area contributed by atoms with E-state index >= 15 is 0 Å². The number of carbonyl (C=O) groups excluding carboxylic acids is 1. The van der Waals surface area contributed by atoms with Gasteiger partial charge in [-0.1, -0.05) is 24.3 Å². The highest BCUT2D eigenvalue weighted by Crippen LogP contribution is 2.25. The molecule has 1 aliphatic heterocycles. The second kappa shape index (κ2) is 8.77. The molecule has 1 fully saturated rings. The zero-order chi connectivity index (χ0) is 21.0. The van der Waals surface area contributed by atoms with Crippen molar-refractivity contribution in [2.24, 2.45) is 0 Å². The lowest BCUT2D eigenvalue weighted by atomic mass is 10.1. The monoisotopic (exact) mass is 415 g/mol. The Morgan fingerprint density at radius 1 is 1.17 bits per heavy atom. The van der Waals surface area contributed by atoms with Crippen molar-refractivity contribution < 1.29 is 18.4 Å². The number of piperazine rings is 1. The van der Waals surface area contributed by atoms with Crippen LogP contribution in [0.4, 0.5) is 5.69 Å². The Morgan fingerprint density at radius 2 is 1.93 bits per heavy atom. The number of aryl methyl sites for hydroxylation is 1. The first-order valence-electron chi connectivity index (χ1n) is 9.37. The summed E-state index contributed by atoms with van der Waals surface area (Å²) in [6.45, 7) is 5.47. The van der Waals surface area contributed by atoms with E-state index in [-0.39, 0.29) is 10.9 Å². The number of nitrogens with one attached hydrogen (secondary N) is 1. The van der Waals surface area contributed by atoms with Gasteiger partial charge in [-0.3, -0.25) is 10.0 Å². The number of anilines is 1. The van der Waals surface area contributed by atoms with Crippen LogP contribution in [0, 0.1) is 6.92 Å². The van der Waals surface area contributed by atoms with Crippen molar-refractivity contribution in [3.05, 3.63) is 65.7 Å². The quantitative estimate of drug-likeness (QED) is 0.445. The van der Waals surface area contributed by atoms with E-state index in [9.17, 15) is 13.2 Å². The van der Waals surface area contributed by atoms with E-state index in [1.165, 1.54) is 27.5 Å². The minimum absolute atomic E-state index is 0.0386. The lowest BCUT2D eigenvalue weighted by molar-refractivity contribution is -0.124. The molecule has 2 aromatic carbocycles. The van der Waals surface area contributed by atoms with Gasteiger partial charge < -0.3 is 4.90 Å². The van der Waals surface area contributed by atoms with E-state index in [1.807, 2.05) is 32.0 Å². The molecular weight excluding hydrogens is 390 g/mol. The predicted octanol–water partition coefficient (Wildman–Crippen LogP) is 2.41. The number of amides is 1. The fraction of sp³-hybridized carbons (Fsp3) is 0.286. The van der Waals surface area contributed by atoms with Gasteiger partial charge in [0.25, 0.3) is 5.91 Å². The Bertz CT molecular complexity index is 1020. The minimum atomic E-state index is -3.65. The summed E-state index contributed by atoms with van der Waals surface area (Å²) in [5, 5.41) is 8.55. The third-order valence-corrected chi connectivity index (χ3v) is 6.82. The van der Waals surface area contributed by atoms with Crippen LogP contribution in [-0.2, 0) is 14.8 Å². The standard InChI is InChI=1S/C21H25N3O4S/c1-16-5-3-7-19(13-16)24-12-11-23(15-17(24)2)29(27,28)20-8-4-6-18(14-20)9-10-21(25)22-26/h3-10,13-14,17,26H,11-12,15H2,1-2H3,(H,22,25). The minimum Gasteiger partial charge on any atom is -0.366 e. The lowest BCUT2D eigenvalue weighted by Crippen LogP contribution is -2.53. The summed E-state index contributed by atoms with van der Waals surface area (Å²) in [6.07, 6.45) is 2.58. The molecule has 7 nitrogen and oxygen atoms in total. The lowest BCUT2D eigenvalue weighted by Gasteiger charge is -2.40. The summed E-state index contributed by atoms with van der Waals surface area (Å²) < 4.78 is 27.8. The third kappa shape index (κ3) is 4.84. The molecule has 1 amide bonds. The van der Waals surface area contributed by atoms with Gasteiger partial charge >= 0.3 is 0 Å². The SMILES string of the molecule is Cc1cccc(N2CCN(S(=O)(=O)c3cccc(C=CC(=O)NO)c3)CC2C)c1. The number of hydroxylamine groups is 1. The maximum Gasteiger partial charge on any atom is 0.267 e. The molecule has 0 saturated carbocycles. The summed E-state index contributed by atoms with van der Waals surface area (Å²) in [6, 6.07) is 14.7. The Balaban J connectivity index is 1.77. The van der Waals surface area contributed by atoms with Gasteiger partial charge in [-0.2, -0.15) is 4.31 Å². The second-order valence-electron chi connectivity index (χ2n) is 7.13. The maximum atomic E-state index is 13.1. The summed E-state index contributed by atoms with van der Waals surface area (Å²) in [5.74, 6) is -0.681. The van der Waals surface area contributed by atoms with E-state index in [4.69, 9.17) is 5.21 Å². The van der Waals surface area contributed by atoms with Crippen LogP contribution >= 0.6 is 0 Å². The average Bonchev–Trinajstić information content (AvgIpc) is 2.72. The molecular formula is C21H25N3O4S. The van der Waals surface area contributed by atoms with Crippen LogP contribution in [0.5, 0.6) is 0 Å². The first kappa shape index (κ1) is 21.0. The molecule has 0 spiro atoms. The molecule has 1 aliphatic rings. The molecule has 3 rings (SSSR count). The van der Waals surface area contributed by atoms with Gasteiger partial charge in [0.05, 0.1) is 4.90 Å². The zero-order valence-electron chi connectivity index (χ0n) is 16.4. The van der Waals surface area contributed by atoms with E-state index in [1.54, 1.807) is 18.2 Å². The third-order valence-electron chi connectivity index (χ3n) is 4.96. The average molecular weight is 416 g/mol. The fourth-order valence-electron chi connectivity index (χ4n) is 3.47. The number of rotatable bonds is 5. The van der Waals surface area contributed by atoms with Crippen LogP contribution in [0.3, 0.4) is 0 Å². The van der Waals surface area contributed by atoms with E-state index < -0.39 is 15.9 Å². The van der Waals surface area contributed by atoms with Gasteiger partial charge in [-0.15, -0.1) is 0 Å². The summed E-state index contributed by atoms with van der Waals surface area (Å²) in [7, 11) is -3.65. The van der Waals surface area contributed by atoms with Crippen molar-refractivity contribution in [2.45, 2.75) is 24.8 Å². The molecule has 2 aromatic rings. The van der Waals surface area contributed by atoms with Gasteiger partial charge in [0.15, 0.2) is 0 Å². The van der Waals surface area contributed by atoms with Crippen molar-refractivity contribution in [3.63, 3.8) is 0 Å². The highest BCUT2D eigenvalue weighted by molar-refractivity contribution is 7.89. The largest absolute Gasteiger partial charge is 0.366 e. The van der Waals surface area contributed by atoms with Crippen LogP contribution in [0.25, 0.3) is 6.08 Å². The molecule has 0 aliphatic carbocycles. The van der Waals surface area contributed by atoms with Gasteiger partial charge in [0.1, 0.15) is 0 Å². The van der Waals surface area contributed by atoms with Crippen molar-refractivity contribution >= 4 is 27.7 Å². The Kier molecular flexibility index (Phi) is 6.36. The smallest absolute Gasteiger partial charge is 0.267 e. The van der Waals surface area contributed by atoms with Gasteiger partial charge in [-0.05, 0) is 55.3 Å². The molecule has 2 N–H and O–H groups in total. The molecule has 29 heavy (non-hydrogen) atoms. The number of benzene rings is 2. The number of nitrogens with zero attached hydrogens (tertiary/aromatic N) is 2. The van der Waals surface area contributed by atoms with Crippen LogP contribution in [-0.4, -0.2) is 49.5 Å². The maximum absolute atomic E-state index is 13.1. The number of hydrogen-bond acceptors (Lipinski definition) is 5. The van der Waals surface area contributed by atoms with Crippen molar-refractivity contribution in [1.82, 2.24) is 9.79 Å². The number of carbonyl (C=O) groups is 1. The summed E-state index contributed by atoms with van der Waals surface area (Å²) in [5.41, 5.74) is 4.33. The molecule has 1 unspecified atom stereocenters. The molecule has 1 saturated heterocycles. The Morgan fingerprint density at radius 3 is 2.62 bits per heavy atom. The summed E-state index contributed by atoms with van der Waals surface area (Å²) >= 11 is 0. The van der Waals surface area contributed by atoms with Crippen molar-refractivity contribution in [1.29, 1.82) is 0 Å². The number of sulfonamides is 1. The van der Waals surface area contributed by atoms with Gasteiger partial charge in [0.2, 0.25) is 10.0 Å². The molecule has 0 bridgehead atoms. The second-order valence-corrected chi connectivity index (χ2v) is 9.06. The fourth-order valence-corrected chi connectivity index (χ4v) is 5.04. The highest BCUT2D eigenvalue weighted by Gasteiger charge is 2.32. The molecule has 1 atom stereocenters. The predicted molar refractivity (Wildman–Crippen MR) is 112 cm³/mol. The van der Waals surface area contributed by atoms with Crippen molar-refractivity contribution in [3.8, 4) is 0 Å². The van der Waals surface area contributed by atoms with Crippen LogP contribution in [0.15, 0.2) is 59.5 Å². The Labute approximate surface area is 171 Å². The molecule has 0 aromatic heterocycles. The molecule has 154 valence electrons. The molecule has 0 radical (unpaired) electrons. The van der Waals surface area contributed by atoms with Crippen LogP contribution in [0.2, 0.25) is 0 Å². The molecule has 8 heteroatoms. The van der Waals surface area contributed by atoms with E-state index in [0.717, 1.165) is 11.8 Å². The first-order chi connectivity index (χ1) is 13.8. The van der Waals surface area contributed by atoms with Crippen molar-refractivity contribution in [2.75, 3.05) is 24.5 Å². The normalized spacial score (nSPS) is 18.2. The van der Waals surface area contributed by atoms with Gasteiger partial charge in [0, 0.05) is 37.4 Å². The zero-order valence-corrected chi connectivity index (χ0v) is 17.3. The Hall–Kier alpha value is -2.68. The van der Waals surface area contributed by atoms with Crippen LogP contribution in [0.1, 0.15) is 18.1 Å². The molecule has 1 heterocycles. The van der Waals surface area contributed by atoms with E-state index in [0.29, 0.717) is 25.2 Å². The van der Waals surface area contributed by atoms with E-state index in [2.05, 4.69) is 11.0 Å². The topological polar surface area (TPSA) is 90.0 Å². The first-order valence-corrected chi connectivity index (χ1v) is 10.8. The summed E-state index contributed by atoms with van der Waals surface area (Å²) in [4.78, 5) is 13.5. The van der Waals surface area contributed by atoms with Gasteiger partial charge in [-0.25, -0.2) is 13.9 Å². The highest BCUT2D eigenvalue weighted by atomic mass is 32.2. The number of hydrogen-bond donors (Lipinski definition) is 2. The van der Waals surface area contributed by atoms with Crippen LogP contribution < -0.4 is 10.4 Å².